The van der Waals surface area contributed by atoms with E-state index in [0.717, 1.165) is 5.56 Å². The first kappa shape index (κ1) is 18.8. The van der Waals surface area contributed by atoms with Crippen LogP contribution >= 0.6 is 0 Å². The van der Waals surface area contributed by atoms with Gasteiger partial charge >= 0.3 is 12.1 Å². The maximum absolute atomic E-state index is 13.2. The third-order valence-corrected chi connectivity index (χ3v) is 3.49. The van der Waals surface area contributed by atoms with Gasteiger partial charge in [-0.15, -0.1) is 0 Å². The maximum Gasteiger partial charge on any atom is 0.453 e. The number of aryl methyl sites for hydroxylation is 1. The zero-order chi connectivity index (χ0) is 16.9. The summed E-state index contributed by atoms with van der Waals surface area (Å²) in [5.41, 5.74) is -1.45. The van der Waals surface area contributed by atoms with Crippen molar-refractivity contribution >= 4 is 0 Å². The fraction of sp³-hybridized carbons (Fsp3) is 0.600. The molecular weight excluding hydrogens is 307 g/mol. The summed E-state index contributed by atoms with van der Waals surface area (Å²) in [7, 11) is 0. The number of hydrogen-bond donors (Lipinski definition) is 2. The summed E-state index contributed by atoms with van der Waals surface area (Å²) in [4.78, 5) is 0. The summed E-state index contributed by atoms with van der Waals surface area (Å²) < 4.78 is 63.5. The Balaban J connectivity index is 2.80. The number of rotatable bonds is 8. The number of hydrogen-bond acceptors (Lipinski definition) is 2. The van der Waals surface area contributed by atoms with Gasteiger partial charge in [-0.1, -0.05) is 30.3 Å². The Labute approximate surface area is 125 Å². The molecule has 0 aliphatic heterocycles. The molecule has 2 N–H and O–H groups in total. The van der Waals surface area contributed by atoms with Crippen LogP contribution in [-0.4, -0.2) is 34.5 Å². The Hall–Kier alpha value is -1.21. The predicted octanol–water partition coefficient (Wildman–Crippen LogP) is 3.71. The Morgan fingerprint density at radius 3 is 2.00 bits per heavy atom. The molecule has 0 fully saturated rings. The summed E-state index contributed by atoms with van der Waals surface area (Å²) in [5.74, 6) is -4.96. The van der Waals surface area contributed by atoms with Crippen LogP contribution in [0.4, 0.5) is 22.0 Å². The molecule has 1 rings (SSSR count). The van der Waals surface area contributed by atoms with E-state index in [4.69, 9.17) is 5.11 Å². The molecule has 7 heteroatoms. The van der Waals surface area contributed by atoms with Crippen LogP contribution in [0.2, 0.25) is 0 Å². The molecule has 1 aromatic rings. The van der Waals surface area contributed by atoms with Crippen molar-refractivity contribution in [3.63, 3.8) is 0 Å². The van der Waals surface area contributed by atoms with E-state index in [1.807, 2.05) is 0 Å². The summed E-state index contributed by atoms with van der Waals surface area (Å²) in [5, 5.41) is 19.0. The lowest BCUT2D eigenvalue weighted by atomic mass is 9.85. The van der Waals surface area contributed by atoms with Gasteiger partial charge in [-0.25, -0.2) is 0 Å². The van der Waals surface area contributed by atoms with Gasteiger partial charge in [-0.3, -0.25) is 0 Å². The second-order valence-corrected chi connectivity index (χ2v) is 5.42. The van der Waals surface area contributed by atoms with Crippen LogP contribution in [-0.2, 0) is 6.42 Å². The average Bonchev–Trinajstić information content (AvgIpc) is 2.43. The number of halogens is 5. The normalized spacial score (nSPS) is 15.6. The number of alkyl halides is 5. The van der Waals surface area contributed by atoms with E-state index in [0.29, 0.717) is 0 Å². The highest BCUT2D eigenvalue weighted by molar-refractivity contribution is 5.15. The highest BCUT2D eigenvalue weighted by atomic mass is 19.4. The maximum atomic E-state index is 13.2. The Morgan fingerprint density at radius 1 is 0.909 bits per heavy atom. The largest absolute Gasteiger partial charge is 0.453 e. The van der Waals surface area contributed by atoms with E-state index in [-0.39, 0.29) is 32.3 Å². The topological polar surface area (TPSA) is 40.5 Å². The predicted molar refractivity (Wildman–Crippen MR) is 71.7 cm³/mol. The molecule has 0 saturated carbocycles. The van der Waals surface area contributed by atoms with Crippen LogP contribution in [0.5, 0.6) is 0 Å². The van der Waals surface area contributed by atoms with Gasteiger partial charge in [0.2, 0.25) is 0 Å². The molecule has 0 amide bonds. The van der Waals surface area contributed by atoms with Crippen molar-refractivity contribution in [3.8, 4) is 0 Å². The second kappa shape index (κ2) is 7.37. The van der Waals surface area contributed by atoms with Gasteiger partial charge in [0.1, 0.15) is 0 Å². The fourth-order valence-corrected chi connectivity index (χ4v) is 2.25. The van der Waals surface area contributed by atoms with Crippen molar-refractivity contribution in [2.45, 2.75) is 49.8 Å². The molecular formula is C15H19F5O2. The smallest absolute Gasteiger partial charge is 0.396 e. The van der Waals surface area contributed by atoms with Crippen molar-refractivity contribution in [1.82, 2.24) is 0 Å². The van der Waals surface area contributed by atoms with E-state index in [1.54, 1.807) is 30.3 Å². The van der Waals surface area contributed by atoms with Crippen molar-refractivity contribution in [1.29, 1.82) is 0 Å². The lowest BCUT2D eigenvalue weighted by Crippen LogP contribution is -2.45. The molecule has 1 atom stereocenters. The van der Waals surface area contributed by atoms with Crippen molar-refractivity contribution in [3.05, 3.63) is 35.9 Å². The third-order valence-electron chi connectivity index (χ3n) is 3.49. The van der Waals surface area contributed by atoms with Crippen LogP contribution in [0.1, 0.15) is 31.2 Å². The SMILES string of the molecule is OCCCC(O)(CCc1ccccc1)CC(F)(F)C(F)(F)F. The van der Waals surface area contributed by atoms with E-state index >= 15 is 0 Å². The standard InChI is InChI=1S/C15H19F5O2/c16-14(17,15(18,19)20)11-13(22,8-4-10-21)9-7-12-5-2-1-3-6-12/h1-3,5-6,21-22H,4,7-11H2. The van der Waals surface area contributed by atoms with E-state index in [1.165, 1.54) is 0 Å². The van der Waals surface area contributed by atoms with Gasteiger partial charge in [-0.05, 0) is 31.2 Å². The lowest BCUT2D eigenvalue weighted by molar-refractivity contribution is -0.297. The summed E-state index contributed by atoms with van der Waals surface area (Å²) in [6.45, 7) is -0.384. The van der Waals surface area contributed by atoms with Crippen LogP contribution in [0.3, 0.4) is 0 Å². The number of aliphatic hydroxyl groups excluding tert-OH is 1. The average molecular weight is 326 g/mol. The monoisotopic (exact) mass is 326 g/mol. The molecule has 1 aromatic carbocycles. The Bertz CT molecular complexity index is 447. The Kier molecular flexibility index (Phi) is 6.31. The minimum absolute atomic E-state index is 0.0424. The molecule has 0 bridgehead atoms. The van der Waals surface area contributed by atoms with E-state index in [9.17, 15) is 27.1 Å². The third kappa shape index (κ3) is 5.53. The van der Waals surface area contributed by atoms with Crippen molar-refractivity contribution in [2.24, 2.45) is 0 Å². The lowest BCUT2D eigenvalue weighted by Gasteiger charge is -2.33. The quantitative estimate of drug-likeness (QED) is 0.715. The summed E-state index contributed by atoms with van der Waals surface area (Å²) >= 11 is 0. The second-order valence-electron chi connectivity index (χ2n) is 5.42. The molecule has 2 nitrogen and oxygen atoms in total. The van der Waals surface area contributed by atoms with Crippen LogP contribution in [0, 0.1) is 0 Å². The molecule has 126 valence electrons. The minimum Gasteiger partial charge on any atom is -0.396 e. The zero-order valence-electron chi connectivity index (χ0n) is 11.9. The molecule has 0 radical (unpaired) electrons. The molecule has 0 aromatic heterocycles. The molecule has 0 saturated heterocycles. The van der Waals surface area contributed by atoms with Gasteiger partial charge in [0.15, 0.2) is 0 Å². The first-order valence-electron chi connectivity index (χ1n) is 6.91. The van der Waals surface area contributed by atoms with Gasteiger partial charge in [0.05, 0.1) is 5.60 Å². The minimum atomic E-state index is -5.70. The summed E-state index contributed by atoms with van der Waals surface area (Å²) in [6, 6.07) is 8.58. The number of benzene rings is 1. The molecule has 0 aliphatic carbocycles. The molecule has 0 spiro atoms. The van der Waals surface area contributed by atoms with Gasteiger partial charge < -0.3 is 10.2 Å². The first-order chi connectivity index (χ1) is 10.1. The van der Waals surface area contributed by atoms with E-state index < -0.39 is 24.1 Å². The van der Waals surface area contributed by atoms with Crippen molar-refractivity contribution in [2.75, 3.05) is 6.61 Å². The molecule has 22 heavy (non-hydrogen) atoms. The highest BCUT2D eigenvalue weighted by Gasteiger charge is 2.60. The zero-order valence-corrected chi connectivity index (χ0v) is 11.9. The fourth-order valence-electron chi connectivity index (χ4n) is 2.25. The van der Waals surface area contributed by atoms with Gasteiger partial charge in [0, 0.05) is 13.0 Å². The molecule has 1 unspecified atom stereocenters. The van der Waals surface area contributed by atoms with Crippen LogP contribution < -0.4 is 0 Å². The van der Waals surface area contributed by atoms with Crippen LogP contribution in [0.15, 0.2) is 30.3 Å². The van der Waals surface area contributed by atoms with Crippen molar-refractivity contribution < 1.29 is 32.2 Å². The van der Waals surface area contributed by atoms with E-state index in [2.05, 4.69) is 0 Å². The molecule has 0 heterocycles. The van der Waals surface area contributed by atoms with Gasteiger partial charge in [-0.2, -0.15) is 22.0 Å². The number of aliphatic hydroxyl groups is 2. The van der Waals surface area contributed by atoms with Gasteiger partial charge in [0.25, 0.3) is 0 Å². The molecule has 0 aliphatic rings. The summed E-state index contributed by atoms with van der Waals surface area (Å²) in [6.07, 6.45) is -7.82. The highest BCUT2D eigenvalue weighted by Crippen LogP contribution is 2.43. The first-order valence-corrected chi connectivity index (χ1v) is 6.91. The van der Waals surface area contributed by atoms with Crippen LogP contribution in [0.25, 0.3) is 0 Å². The Morgan fingerprint density at radius 2 is 1.50 bits per heavy atom.